The van der Waals surface area contributed by atoms with Gasteiger partial charge in [0.15, 0.2) is 15.7 Å². The number of ether oxygens (including phenoxy) is 3. The Labute approximate surface area is 281 Å². The molecule has 0 unspecified atom stereocenters. The van der Waals surface area contributed by atoms with Crippen LogP contribution in [0.2, 0.25) is 25.7 Å². The third kappa shape index (κ3) is 7.95. The van der Waals surface area contributed by atoms with Crippen LogP contribution >= 0.6 is 0 Å². The lowest BCUT2D eigenvalue weighted by Crippen LogP contribution is -2.40. The monoisotopic (exact) mass is 714 g/mol. The Hall–Kier alpha value is -4.50. The summed E-state index contributed by atoms with van der Waals surface area (Å²) in [5.74, 6) is 0.0226. The van der Waals surface area contributed by atoms with E-state index >= 15 is 0 Å². The van der Waals surface area contributed by atoms with E-state index in [1.54, 1.807) is 36.4 Å². The number of aromatic nitrogens is 4. The van der Waals surface area contributed by atoms with Crippen molar-refractivity contribution in [3.8, 4) is 40.7 Å². The molecule has 0 amide bonds. The number of methoxy groups -OCH3 is 3. The summed E-state index contributed by atoms with van der Waals surface area (Å²) in [6.07, 6.45) is -0.857. The van der Waals surface area contributed by atoms with Crippen LogP contribution in [0.5, 0.6) is 17.4 Å². The highest BCUT2D eigenvalue weighted by Gasteiger charge is 2.35. The number of rotatable bonds is 14. The zero-order valence-corrected chi connectivity index (χ0v) is 30.3. The molecule has 2 aromatic heterocycles. The first kappa shape index (κ1) is 36.3. The van der Waals surface area contributed by atoms with Crippen molar-refractivity contribution in [2.24, 2.45) is 0 Å². The average Bonchev–Trinajstić information content (AvgIpc) is 3.46. The van der Waals surface area contributed by atoms with Crippen molar-refractivity contribution >= 4 is 33.9 Å². The topological polar surface area (TPSA) is 187 Å². The molecule has 14 nitrogen and oxygen atoms in total. The summed E-state index contributed by atoms with van der Waals surface area (Å²) in [5, 5.41) is 29.4. The maximum atomic E-state index is 14.5. The maximum absolute atomic E-state index is 14.5. The zero-order chi connectivity index (χ0) is 35.4. The van der Waals surface area contributed by atoms with E-state index in [-0.39, 0.29) is 40.2 Å². The number of sulfonamides is 1. The molecule has 0 saturated heterocycles. The molecule has 4 rings (SSSR count). The molecule has 48 heavy (non-hydrogen) atoms. The first-order valence-electron chi connectivity index (χ1n) is 14.7. The van der Waals surface area contributed by atoms with Crippen molar-refractivity contribution in [2.75, 3.05) is 44.2 Å². The molecule has 0 saturated carbocycles. The van der Waals surface area contributed by atoms with Crippen LogP contribution in [0.1, 0.15) is 17.2 Å². The molecule has 1 atom stereocenters. The second-order valence-corrected chi connectivity index (χ2v) is 21.6. The lowest BCUT2D eigenvalue weighted by Gasteiger charge is -2.28. The molecular weight excluding hydrogens is 677 g/mol. The largest absolute Gasteiger partial charge is 0.494 e. The highest BCUT2D eigenvalue weighted by atomic mass is 32.2. The molecule has 0 fully saturated rings. The van der Waals surface area contributed by atoms with Gasteiger partial charge in [-0.25, -0.2) is 26.1 Å². The van der Waals surface area contributed by atoms with Gasteiger partial charge in [0, 0.05) is 32.5 Å². The number of hydrogen-bond acceptors (Lipinski definition) is 12. The van der Waals surface area contributed by atoms with Gasteiger partial charge in [-0.2, -0.15) is 5.26 Å². The quantitative estimate of drug-likeness (QED) is 0.186. The standard InChI is InChI=1S/C31H38N6O8S2Si/c1-43-25-11-9-12-26(44-2)29(25)37-30(23-10-8-13-28(33-23)45-3)34-35-31(37)36(16-17-48(5,6)7)47(41,42)20-24(38)22-15-14-21(19-32)18-27(22)46(4,39)40/h8-15,18,24,38H,16-17,20H2,1-7H3/t24-/m1/s1. The number of aliphatic hydroxyl groups is 1. The Kier molecular flexibility index (Phi) is 10.8. The van der Waals surface area contributed by atoms with Crippen LogP contribution in [0.3, 0.4) is 0 Å². The molecule has 1 N–H and O–H groups in total. The van der Waals surface area contributed by atoms with Crippen LogP contribution in [0.15, 0.2) is 59.5 Å². The second-order valence-electron chi connectivity index (χ2n) is 12.0. The van der Waals surface area contributed by atoms with Crippen LogP contribution in [-0.4, -0.2) is 89.6 Å². The summed E-state index contributed by atoms with van der Waals surface area (Å²) >= 11 is 0. The fourth-order valence-electron chi connectivity index (χ4n) is 4.89. The summed E-state index contributed by atoms with van der Waals surface area (Å²) in [6.45, 7) is 6.22. The second kappa shape index (κ2) is 14.3. The van der Waals surface area contributed by atoms with Crippen molar-refractivity contribution in [1.29, 1.82) is 5.26 Å². The van der Waals surface area contributed by atoms with E-state index in [0.29, 0.717) is 28.9 Å². The number of hydrogen-bond donors (Lipinski definition) is 1. The van der Waals surface area contributed by atoms with E-state index in [2.05, 4.69) is 34.8 Å². The van der Waals surface area contributed by atoms with Gasteiger partial charge in [-0.05, 0) is 36.4 Å². The van der Waals surface area contributed by atoms with E-state index < -0.39 is 39.8 Å². The third-order valence-electron chi connectivity index (χ3n) is 7.33. The number of anilines is 1. The number of aliphatic hydroxyl groups excluding tert-OH is 1. The third-order valence-corrected chi connectivity index (χ3v) is 12.0. The van der Waals surface area contributed by atoms with Crippen LogP contribution in [0.25, 0.3) is 17.2 Å². The highest BCUT2D eigenvalue weighted by molar-refractivity contribution is 7.92. The van der Waals surface area contributed by atoms with Gasteiger partial charge < -0.3 is 19.3 Å². The van der Waals surface area contributed by atoms with Crippen molar-refractivity contribution in [2.45, 2.75) is 36.7 Å². The number of pyridine rings is 1. The molecule has 0 radical (unpaired) electrons. The number of para-hydroxylation sites is 1. The molecule has 0 aliphatic rings. The lowest BCUT2D eigenvalue weighted by atomic mass is 10.1. The fourth-order valence-corrected chi connectivity index (χ4v) is 8.42. The molecule has 4 aromatic rings. The van der Waals surface area contributed by atoms with Gasteiger partial charge in [-0.15, -0.1) is 10.2 Å². The van der Waals surface area contributed by atoms with Crippen LogP contribution in [0.4, 0.5) is 5.95 Å². The summed E-state index contributed by atoms with van der Waals surface area (Å²) in [6, 6.07) is 16.1. The van der Waals surface area contributed by atoms with Crippen molar-refractivity contribution in [3.63, 3.8) is 0 Å². The van der Waals surface area contributed by atoms with E-state index in [4.69, 9.17) is 14.2 Å². The predicted molar refractivity (Wildman–Crippen MR) is 183 cm³/mol. The summed E-state index contributed by atoms with van der Waals surface area (Å²) in [4.78, 5) is 4.16. The number of benzene rings is 2. The van der Waals surface area contributed by atoms with Gasteiger partial charge in [0.2, 0.25) is 21.9 Å². The number of nitriles is 1. The van der Waals surface area contributed by atoms with Crippen LogP contribution in [-0.2, 0) is 19.9 Å². The highest BCUT2D eigenvalue weighted by Crippen LogP contribution is 2.39. The lowest BCUT2D eigenvalue weighted by molar-refractivity contribution is 0.198. The first-order chi connectivity index (χ1) is 22.5. The van der Waals surface area contributed by atoms with E-state index in [1.807, 2.05) is 6.07 Å². The Bertz CT molecular complexity index is 2040. The summed E-state index contributed by atoms with van der Waals surface area (Å²) in [5.41, 5.74) is 0.490. The first-order valence-corrected chi connectivity index (χ1v) is 21.9. The Morgan fingerprint density at radius 3 is 2.17 bits per heavy atom. The molecule has 0 aliphatic carbocycles. The summed E-state index contributed by atoms with van der Waals surface area (Å²) in [7, 11) is -5.94. The van der Waals surface area contributed by atoms with Crippen molar-refractivity contribution in [3.05, 3.63) is 65.7 Å². The van der Waals surface area contributed by atoms with Gasteiger partial charge >= 0.3 is 0 Å². The normalized spacial score (nSPS) is 12.6. The van der Waals surface area contributed by atoms with E-state index in [0.717, 1.165) is 16.6 Å². The van der Waals surface area contributed by atoms with Crippen molar-refractivity contribution in [1.82, 2.24) is 19.7 Å². The molecule has 256 valence electrons. The Morgan fingerprint density at radius 1 is 0.958 bits per heavy atom. The fraction of sp³-hybridized carbons (Fsp3) is 0.355. The molecule has 0 spiro atoms. The summed E-state index contributed by atoms with van der Waals surface area (Å²) < 4.78 is 73.4. The van der Waals surface area contributed by atoms with Crippen molar-refractivity contribution < 1.29 is 36.2 Å². The minimum Gasteiger partial charge on any atom is -0.494 e. The number of sulfone groups is 1. The smallest absolute Gasteiger partial charge is 0.246 e. The molecular formula is C31H38N6O8S2Si. The molecule has 0 bridgehead atoms. The zero-order valence-electron chi connectivity index (χ0n) is 27.7. The van der Waals surface area contributed by atoms with Gasteiger partial charge in [0.25, 0.3) is 0 Å². The Balaban J connectivity index is 1.98. The van der Waals surface area contributed by atoms with E-state index in [9.17, 15) is 27.2 Å². The van der Waals surface area contributed by atoms with Gasteiger partial charge in [0.1, 0.15) is 22.9 Å². The maximum Gasteiger partial charge on any atom is 0.246 e. The minimum absolute atomic E-state index is 0.0295. The Morgan fingerprint density at radius 2 is 1.60 bits per heavy atom. The molecule has 2 heterocycles. The van der Waals surface area contributed by atoms with Gasteiger partial charge in [0.05, 0.1) is 49.7 Å². The van der Waals surface area contributed by atoms with E-state index in [1.165, 1.54) is 38.0 Å². The predicted octanol–water partition coefficient (Wildman–Crippen LogP) is 3.84. The van der Waals surface area contributed by atoms with Gasteiger partial charge in [-0.1, -0.05) is 37.8 Å². The molecule has 0 aliphatic heterocycles. The number of nitrogens with zero attached hydrogens (tertiary/aromatic N) is 6. The van der Waals surface area contributed by atoms with Gasteiger partial charge in [-0.3, -0.25) is 4.57 Å². The molecule has 2 aromatic carbocycles. The minimum atomic E-state index is -4.48. The van der Waals surface area contributed by atoms with Crippen LogP contribution < -0.4 is 18.5 Å². The SMILES string of the molecule is COc1cccc(-c2nnc(N(CC[Si](C)(C)C)S(=O)(=O)C[C@@H](O)c3ccc(C#N)cc3S(C)(=O)=O)n2-c2c(OC)cccc2OC)n1. The average molecular weight is 715 g/mol. The van der Waals surface area contributed by atoms with Crippen LogP contribution in [0, 0.1) is 11.3 Å². The molecule has 17 heteroatoms.